The van der Waals surface area contributed by atoms with E-state index in [9.17, 15) is 4.79 Å². The van der Waals surface area contributed by atoms with Crippen molar-refractivity contribution < 1.29 is 0 Å². The van der Waals surface area contributed by atoms with Crippen LogP contribution in [0.15, 0.2) is 34.3 Å². The first kappa shape index (κ1) is 14.8. The summed E-state index contributed by atoms with van der Waals surface area (Å²) >= 11 is 1.53. The molecule has 0 aliphatic heterocycles. The molecule has 0 bridgehead atoms. The Kier molecular flexibility index (Phi) is 3.78. The highest BCUT2D eigenvalue weighted by Gasteiger charge is 2.14. The minimum absolute atomic E-state index is 0.148. The molecule has 0 unspecified atom stereocenters. The second kappa shape index (κ2) is 5.61. The topological polar surface area (TPSA) is 63.6 Å². The molecule has 0 saturated carbocycles. The summed E-state index contributed by atoms with van der Waals surface area (Å²) in [6, 6.07) is 6.04. The van der Waals surface area contributed by atoms with Crippen LogP contribution in [-0.2, 0) is 0 Å². The van der Waals surface area contributed by atoms with Crippen LogP contribution in [0.2, 0.25) is 0 Å². The van der Waals surface area contributed by atoms with E-state index in [0.29, 0.717) is 21.4 Å². The lowest BCUT2D eigenvalue weighted by molar-refractivity contribution is 0.864. The van der Waals surface area contributed by atoms with Crippen LogP contribution in [0.3, 0.4) is 0 Å². The van der Waals surface area contributed by atoms with Crippen LogP contribution in [0.4, 0.5) is 0 Å². The molecule has 0 aliphatic carbocycles. The van der Waals surface area contributed by atoms with Crippen LogP contribution in [0, 0.1) is 13.8 Å². The third-order valence-electron chi connectivity index (χ3n) is 3.57. The summed E-state index contributed by atoms with van der Waals surface area (Å²) in [5.74, 6) is 0. The number of aromatic amines is 1. The van der Waals surface area contributed by atoms with Gasteiger partial charge >= 0.3 is 0 Å². The molecule has 114 valence electrons. The van der Waals surface area contributed by atoms with Gasteiger partial charge in [-0.05, 0) is 31.0 Å². The average Bonchev–Trinajstić information content (AvgIpc) is 2.85. The normalized spacial score (nSPS) is 11.5. The molecular formula is C16H18N4OS. The van der Waals surface area contributed by atoms with E-state index in [1.54, 1.807) is 10.9 Å². The summed E-state index contributed by atoms with van der Waals surface area (Å²) in [5.41, 5.74) is 3.72. The number of nitrogens with one attached hydrogen (secondary N) is 1. The lowest BCUT2D eigenvalue weighted by atomic mass is 10.1. The van der Waals surface area contributed by atoms with E-state index in [-0.39, 0.29) is 5.56 Å². The highest BCUT2D eigenvalue weighted by molar-refractivity contribution is 7.99. The number of H-pyrrole nitrogens is 1. The third-order valence-corrected chi connectivity index (χ3v) is 4.46. The van der Waals surface area contributed by atoms with E-state index in [0.717, 1.165) is 11.3 Å². The molecule has 0 fully saturated rings. The van der Waals surface area contributed by atoms with Crippen molar-refractivity contribution in [2.75, 3.05) is 0 Å². The maximum atomic E-state index is 12.2. The quantitative estimate of drug-likeness (QED) is 0.595. The van der Waals surface area contributed by atoms with Crippen LogP contribution in [0.25, 0.3) is 16.7 Å². The summed E-state index contributed by atoms with van der Waals surface area (Å²) in [5, 5.41) is 5.85. The molecule has 1 aromatic carbocycles. The Morgan fingerprint density at radius 1 is 1.27 bits per heavy atom. The summed E-state index contributed by atoms with van der Waals surface area (Å²) in [6.07, 6.45) is 1.58. The molecule has 0 spiro atoms. The lowest BCUT2D eigenvalue weighted by Crippen LogP contribution is -2.11. The molecule has 0 aliphatic rings. The van der Waals surface area contributed by atoms with Crippen LogP contribution >= 0.6 is 11.8 Å². The minimum atomic E-state index is -0.148. The lowest BCUT2D eigenvalue weighted by Gasteiger charge is -2.10. The first-order valence-corrected chi connectivity index (χ1v) is 8.06. The maximum absolute atomic E-state index is 12.2. The van der Waals surface area contributed by atoms with Gasteiger partial charge in [-0.1, -0.05) is 37.7 Å². The smallest absolute Gasteiger partial charge is 0.262 e. The van der Waals surface area contributed by atoms with E-state index in [2.05, 4.69) is 48.8 Å². The number of nitrogens with zero attached hydrogens (tertiary/aromatic N) is 3. The number of aryl methyl sites for hydroxylation is 1. The van der Waals surface area contributed by atoms with Gasteiger partial charge < -0.3 is 4.98 Å². The van der Waals surface area contributed by atoms with Gasteiger partial charge in [-0.3, -0.25) is 4.79 Å². The Balaban J connectivity index is 2.25. The van der Waals surface area contributed by atoms with E-state index in [1.807, 2.05) is 12.1 Å². The van der Waals surface area contributed by atoms with Crippen molar-refractivity contribution in [3.8, 4) is 5.69 Å². The second-order valence-electron chi connectivity index (χ2n) is 5.55. The zero-order chi connectivity index (χ0) is 15.9. The fourth-order valence-corrected chi connectivity index (χ4v) is 3.06. The van der Waals surface area contributed by atoms with E-state index >= 15 is 0 Å². The molecule has 0 radical (unpaired) electrons. The van der Waals surface area contributed by atoms with Gasteiger partial charge in [0.15, 0.2) is 10.8 Å². The third kappa shape index (κ3) is 2.54. The Morgan fingerprint density at radius 2 is 2.05 bits per heavy atom. The van der Waals surface area contributed by atoms with Gasteiger partial charge in [0.25, 0.3) is 5.56 Å². The number of hydrogen-bond acceptors (Lipinski definition) is 4. The molecule has 0 saturated heterocycles. The average molecular weight is 314 g/mol. The molecular weight excluding hydrogens is 296 g/mol. The van der Waals surface area contributed by atoms with Crippen LogP contribution in [-0.4, -0.2) is 25.0 Å². The number of benzene rings is 1. The number of thioether (sulfide) groups is 1. The first-order chi connectivity index (χ1) is 10.5. The summed E-state index contributed by atoms with van der Waals surface area (Å²) < 4.78 is 1.75. The number of fused-ring (bicyclic) bond motifs is 1. The van der Waals surface area contributed by atoms with E-state index in [1.165, 1.54) is 17.3 Å². The molecule has 2 heterocycles. The highest BCUT2D eigenvalue weighted by atomic mass is 32.2. The van der Waals surface area contributed by atoms with Crippen LogP contribution < -0.4 is 5.56 Å². The molecule has 2 aromatic heterocycles. The van der Waals surface area contributed by atoms with Crippen molar-refractivity contribution in [3.63, 3.8) is 0 Å². The Bertz CT molecular complexity index is 895. The Morgan fingerprint density at radius 3 is 2.77 bits per heavy atom. The molecule has 22 heavy (non-hydrogen) atoms. The van der Waals surface area contributed by atoms with E-state index < -0.39 is 0 Å². The molecule has 0 amide bonds. The van der Waals surface area contributed by atoms with Gasteiger partial charge in [0, 0.05) is 5.25 Å². The molecule has 3 aromatic rings. The van der Waals surface area contributed by atoms with Gasteiger partial charge in [-0.15, -0.1) is 0 Å². The first-order valence-electron chi connectivity index (χ1n) is 7.18. The predicted octanol–water partition coefficient (Wildman–Crippen LogP) is 3.23. The molecule has 1 N–H and O–H groups in total. The predicted molar refractivity (Wildman–Crippen MR) is 90.0 cm³/mol. The standard InChI is InChI=1S/C16H18N4OS/c1-9(2)22-16-18-14-12(15(21)19-16)8-17-20(14)13-7-5-6-10(3)11(13)4/h5-9H,1-4H3,(H,18,19,21). The SMILES string of the molecule is Cc1cccc(-n2ncc3c(=O)[nH]c(SC(C)C)nc32)c1C. The van der Waals surface area contributed by atoms with Gasteiger partial charge in [0.2, 0.25) is 0 Å². The number of rotatable bonds is 3. The van der Waals surface area contributed by atoms with Gasteiger partial charge in [0.1, 0.15) is 5.39 Å². The molecule has 3 rings (SSSR count). The van der Waals surface area contributed by atoms with Crippen molar-refractivity contribution in [1.29, 1.82) is 0 Å². The Hall–Kier alpha value is -2.08. The molecule has 6 heteroatoms. The van der Waals surface area contributed by atoms with Crippen LogP contribution in [0.1, 0.15) is 25.0 Å². The van der Waals surface area contributed by atoms with Gasteiger partial charge in [-0.2, -0.15) is 5.10 Å². The fourth-order valence-electron chi connectivity index (χ4n) is 2.32. The van der Waals surface area contributed by atoms with Gasteiger partial charge in [-0.25, -0.2) is 9.67 Å². The zero-order valence-electron chi connectivity index (χ0n) is 13.0. The van der Waals surface area contributed by atoms with Crippen LogP contribution in [0.5, 0.6) is 0 Å². The summed E-state index contributed by atoms with van der Waals surface area (Å²) in [6.45, 7) is 8.24. The monoisotopic (exact) mass is 314 g/mol. The maximum Gasteiger partial charge on any atom is 0.262 e. The van der Waals surface area contributed by atoms with Crippen molar-refractivity contribution >= 4 is 22.8 Å². The number of aromatic nitrogens is 4. The van der Waals surface area contributed by atoms with Crippen molar-refractivity contribution in [2.45, 2.75) is 38.1 Å². The zero-order valence-corrected chi connectivity index (χ0v) is 13.9. The fraction of sp³-hybridized carbons (Fsp3) is 0.312. The second-order valence-corrected chi connectivity index (χ2v) is 7.12. The summed E-state index contributed by atoms with van der Waals surface area (Å²) in [4.78, 5) is 19.6. The Labute approximate surface area is 132 Å². The van der Waals surface area contributed by atoms with E-state index in [4.69, 9.17) is 0 Å². The summed E-state index contributed by atoms with van der Waals surface area (Å²) in [7, 11) is 0. The van der Waals surface area contributed by atoms with Crippen molar-refractivity contribution in [2.24, 2.45) is 0 Å². The van der Waals surface area contributed by atoms with Gasteiger partial charge in [0.05, 0.1) is 11.9 Å². The molecule has 0 atom stereocenters. The largest absolute Gasteiger partial charge is 0.301 e. The van der Waals surface area contributed by atoms with Crippen molar-refractivity contribution in [1.82, 2.24) is 19.7 Å². The molecule has 5 nitrogen and oxygen atoms in total. The number of hydrogen-bond donors (Lipinski definition) is 1. The minimum Gasteiger partial charge on any atom is -0.301 e. The van der Waals surface area contributed by atoms with Crippen molar-refractivity contribution in [3.05, 3.63) is 45.9 Å². The highest BCUT2D eigenvalue weighted by Crippen LogP contribution is 2.23.